The highest BCUT2D eigenvalue weighted by Crippen LogP contribution is 2.46. The van der Waals surface area contributed by atoms with Gasteiger partial charge >= 0.3 is 0 Å². The molecular formula is C23H38N2O2. The SMILES string of the molecule is CC1(C)CC(NC2CCCC3C(=O)C4CCCCC4C(=O)C23)CC(C)(C)N1. The molecule has 4 rings (SSSR count). The molecule has 0 aromatic rings. The number of carbonyl (C=O) groups is 2. The van der Waals surface area contributed by atoms with Gasteiger partial charge in [0.1, 0.15) is 11.6 Å². The number of Topliss-reactive ketones (excluding diaryl/α,β-unsaturated/α-hetero) is 2. The lowest BCUT2D eigenvalue weighted by atomic mass is 9.57. The first kappa shape index (κ1) is 19.6. The fourth-order valence-corrected chi connectivity index (χ4v) is 7.18. The summed E-state index contributed by atoms with van der Waals surface area (Å²) in [5.74, 6) is 0.854. The topological polar surface area (TPSA) is 58.2 Å². The Labute approximate surface area is 164 Å². The zero-order valence-electron chi connectivity index (χ0n) is 17.6. The second kappa shape index (κ2) is 6.95. The highest BCUT2D eigenvalue weighted by molar-refractivity contribution is 6.00. The van der Waals surface area contributed by atoms with Gasteiger partial charge in [0, 0.05) is 46.8 Å². The Morgan fingerprint density at radius 1 is 0.778 bits per heavy atom. The van der Waals surface area contributed by atoms with Crippen LogP contribution in [-0.2, 0) is 9.59 Å². The van der Waals surface area contributed by atoms with Gasteiger partial charge in [-0.25, -0.2) is 0 Å². The van der Waals surface area contributed by atoms with Gasteiger partial charge in [-0.15, -0.1) is 0 Å². The van der Waals surface area contributed by atoms with Gasteiger partial charge in [-0.05, 0) is 66.2 Å². The summed E-state index contributed by atoms with van der Waals surface area (Å²) in [6.45, 7) is 9.09. The average Bonchev–Trinajstić information content (AvgIpc) is 2.57. The third-order valence-corrected chi connectivity index (χ3v) is 7.73. The van der Waals surface area contributed by atoms with Crippen LogP contribution < -0.4 is 10.6 Å². The Bertz CT molecular complexity index is 595. The zero-order valence-corrected chi connectivity index (χ0v) is 17.6. The van der Waals surface area contributed by atoms with Crippen LogP contribution in [0.2, 0.25) is 0 Å². The van der Waals surface area contributed by atoms with E-state index < -0.39 is 0 Å². The molecule has 4 heteroatoms. The monoisotopic (exact) mass is 374 g/mol. The summed E-state index contributed by atoms with van der Waals surface area (Å²) < 4.78 is 0. The minimum atomic E-state index is -0.0632. The first-order valence-corrected chi connectivity index (χ1v) is 11.3. The molecular weight excluding hydrogens is 336 g/mol. The van der Waals surface area contributed by atoms with Crippen LogP contribution in [0.5, 0.6) is 0 Å². The highest BCUT2D eigenvalue weighted by Gasteiger charge is 2.53. The smallest absolute Gasteiger partial charge is 0.142 e. The molecule has 2 N–H and O–H groups in total. The van der Waals surface area contributed by atoms with E-state index in [-0.39, 0.29) is 40.8 Å². The van der Waals surface area contributed by atoms with Crippen molar-refractivity contribution in [3.05, 3.63) is 0 Å². The number of piperidine rings is 1. The van der Waals surface area contributed by atoms with E-state index >= 15 is 0 Å². The molecule has 3 aliphatic carbocycles. The van der Waals surface area contributed by atoms with E-state index in [9.17, 15) is 9.59 Å². The zero-order chi connectivity index (χ0) is 19.4. The molecule has 4 aliphatic rings. The number of nitrogens with one attached hydrogen (secondary N) is 2. The van der Waals surface area contributed by atoms with Gasteiger partial charge in [-0.2, -0.15) is 0 Å². The number of rotatable bonds is 2. The summed E-state index contributed by atoms with van der Waals surface area (Å²) in [5.41, 5.74) is 0.183. The maximum absolute atomic E-state index is 13.4. The second-order valence-electron chi connectivity index (χ2n) is 11.1. The predicted octanol–water partition coefficient (Wildman–Crippen LogP) is 3.63. The normalized spacial score (nSPS) is 41.7. The van der Waals surface area contributed by atoms with Crippen molar-refractivity contribution in [3.8, 4) is 0 Å². The molecule has 0 spiro atoms. The Morgan fingerprint density at radius 3 is 1.96 bits per heavy atom. The molecule has 0 bridgehead atoms. The Kier molecular flexibility index (Phi) is 5.04. The third-order valence-electron chi connectivity index (χ3n) is 7.73. The van der Waals surface area contributed by atoms with E-state index in [1.165, 1.54) is 0 Å². The molecule has 1 saturated heterocycles. The molecule has 5 unspecified atom stereocenters. The lowest BCUT2D eigenvalue weighted by molar-refractivity contribution is -0.152. The van der Waals surface area contributed by atoms with E-state index in [1.54, 1.807) is 0 Å². The van der Waals surface area contributed by atoms with E-state index in [4.69, 9.17) is 0 Å². The van der Waals surface area contributed by atoms with Gasteiger partial charge in [0.25, 0.3) is 0 Å². The van der Waals surface area contributed by atoms with Crippen molar-refractivity contribution in [1.82, 2.24) is 10.6 Å². The van der Waals surface area contributed by atoms with Gasteiger partial charge in [0.05, 0.1) is 0 Å². The largest absolute Gasteiger partial charge is 0.310 e. The van der Waals surface area contributed by atoms with E-state index in [0.29, 0.717) is 17.6 Å². The van der Waals surface area contributed by atoms with Gasteiger partial charge in [0.15, 0.2) is 0 Å². The van der Waals surface area contributed by atoms with Crippen molar-refractivity contribution < 1.29 is 9.59 Å². The molecule has 4 fully saturated rings. The van der Waals surface area contributed by atoms with Gasteiger partial charge in [-0.1, -0.05) is 19.3 Å². The molecule has 5 atom stereocenters. The van der Waals surface area contributed by atoms with Crippen LogP contribution in [0.4, 0.5) is 0 Å². The first-order valence-electron chi connectivity index (χ1n) is 11.3. The summed E-state index contributed by atoms with van der Waals surface area (Å²) in [4.78, 5) is 26.6. The van der Waals surface area contributed by atoms with Crippen molar-refractivity contribution in [3.63, 3.8) is 0 Å². The van der Waals surface area contributed by atoms with E-state index in [1.807, 2.05) is 0 Å². The molecule has 3 saturated carbocycles. The second-order valence-corrected chi connectivity index (χ2v) is 11.1. The van der Waals surface area contributed by atoms with Crippen LogP contribution in [0.25, 0.3) is 0 Å². The predicted molar refractivity (Wildman–Crippen MR) is 108 cm³/mol. The molecule has 27 heavy (non-hydrogen) atoms. The molecule has 0 amide bonds. The maximum Gasteiger partial charge on any atom is 0.142 e. The van der Waals surface area contributed by atoms with Gasteiger partial charge in [0.2, 0.25) is 0 Å². The first-order chi connectivity index (χ1) is 12.7. The van der Waals surface area contributed by atoms with Crippen molar-refractivity contribution in [1.29, 1.82) is 0 Å². The Hall–Kier alpha value is -0.740. The van der Waals surface area contributed by atoms with Gasteiger partial charge < -0.3 is 10.6 Å². The molecule has 0 radical (unpaired) electrons. The van der Waals surface area contributed by atoms with Crippen molar-refractivity contribution in [2.45, 2.75) is 109 Å². The fraction of sp³-hybridized carbons (Fsp3) is 0.913. The Balaban J connectivity index is 1.53. The molecule has 152 valence electrons. The minimum Gasteiger partial charge on any atom is -0.310 e. The lowest BCUT2D eigenvalue weighted by Gasteiger charge is -2.50. The summed E-state index contributed by atoms with van der Waals surface area (Å²) in [6, 6.07) is 0.602. The molecule has 0 aromatic heterocycles. The fourth-order valence-electron chi connectivity index (χ4n) is 7.18. The molecule has 4 nitrogen and oxygen atoms in total. The lowest BCUT2D eigenvalue weighted by Crippen LogP contribution is -2.64. The average molecular weight is 375 g/mol. The van der Waals surface area contributed by atoms with Crippen LogP contribution in [0.3, 0.4) is 0 Å². The summed E-state index contributed by atoms with van der Waals surface area (Å²) >= 11 is 0. The van der Waals surface area contributed by atoms with Crippen LogP contribution in [-0.4, -0.2) is 34.7 Å². The van der Waals surface area contributed by atoms with Crippen LogP contribution in [0, 0.1) is 23.7 Å². The standard InChI is InChI=1S/C23H38N2O2/c1-22(2)12-14(13-23(3,4)25-22)24-18-11-7-10-17-19(18)21(27)16-9-6-5-8-15(16)20(17)26/h14-19,24-25H,5-13H2,1-4H3. The quantitative estimate of drug-likeness (QED) is 0.775. The summed E-state index contributed by atoms with van der Waals surface area (Å²) in [6.07, 6.45) is 9.32. The summed E-state index contributed by atoms with van der Waals surface area (Å²) in [5, 5.41) is 7.65. The number of fused-ring (bicyclic) bond motifs is 2. The number of ketones is 2. The van der Waals surface area contributed by atoms with Crippen LogP contribution in [0.15, 0.2) is 0 Å². The maximum atomic E-state index is 13.4. The van der Waals surface area contributed by atoms with Crippen molar-refractivity contribution in [2.24, 2.45) is 23.7 Å². The number of hydrogen-bond acceptors (Lipinski definition) is 4. The van der Waals surface area contributed by atoms with E-state index in [2.05, 4.69) is 38.3 Å². The van der Waals surface area contributed by atoms with Crippen molar-refractivity contribution in [2.75, 3.05) is 0 Å². The van der Waals surface area contributed by atoms with Crippen LogP contribution in [0.1, 0.15) is 85.5 Å². The third kappa shape index (κ3) is 3.76. The molecule has 1 heterocycles. The highest BCUT2D eigenvalue weighted by atomic mass is 16.1. The van der Waals surface area contributed by atoms with E-state index in [0.717, 1.165) is 57.8 Å². The van der Waals surface area contributed by atoms with Gasteiger partial charge in [-0.3, -0.25) is 9.59 Å². The molecule has 1 aliphatic heterocycles. The molecule has 0 aromatic carbocycles. The number of carbonyl (C=O) groups excluding carboxylic acids is 2. The summed E-state index contributed by atoms with van der Waals surface area (Å²) in [7, 11) is 0. The number of hydrogen-bond donors (Lipinski definition) is 2. The minimum absolute atomic E-state index is 0.00849. The van der Waals surface area contributed by atoms with Crippen molar-refractivity contribution >= 4 is 11.6 Å². The van der Waals surface area contributed by atoms with Crippen LogP contribution >= 0.6 is 0 Å². The Morgan fingerprint density at radius 2 is 1.33 bits per heavy atom.